The summed E-state index contributed by atoms with van der Waals surface area (Å²) in [7, 11) is 0. The monoisotopic (exact) mass is 406 g/mol. The van der Waals surface area contributed by atoms with Gasteiger partial charge in [0.2, 0.25) is 0 Å². The zero-order valence-corrected chi connectivity index (χ0v) is 17.7. The summed E-state index contributed by atoms with van der Waals surface area (Å²) >= 11 is 0. The molecule has 0 spiro atoms. The van der Waals surface area contributed by atoms with Crippen molar-refractivity contribution in [2.24, 2.45) is 0 Å². The van der Waals surface area contributed by atoms with Crippen LogP contribution in [-0.4, -0.2) is 0 Å². The third-order valence-corrected chi connectivity index (χ3v) is 6.29. The zero-order valence-electron chi connectivity index (χ0n) is 17.7. The predicted molar refractivity (Wildman–Crippen MR) is 138 cm³/mol. The summed E-state index contributed by atoms with van der Waals surface area (Å²) in [6.45, 7) is 0. The first-order valence-electron chi connectivity index (χ1n) is 11.0. The largest absolute Gasteiger partial charge is 0.0616 e. The standard InChI is InChI=1S/C32H22/c1-5-13-28-23(9-1)19-21-27(22-20-24-10-2-6-14-29(24)28)32-30-15-7-3-11-25(30)17-18-26-12-4-8-16-31(26)32/h1-22H/b21-19-,22-20-. The van der Waals surface area contributed by atoms with E-state index in [1.54, 1.807) is 0 Å². The Morgan fingerprint density at radius 3 is 1.03 bits per heavy atom. The molecule has 2 aliphatic carbocycles. The van der Waals surface area contributed by atoms with E-state index in [1.165, 1.54) is 55.7 Å². The first-order chi connectivity index (χ1) is 15.9. The second-order valence-electron chi connectivity index (χ2n) is 8.18. The van der Waals surface area contributed by atoms with E-state index >= 15 is 0 Å². The third kappa shape index (κ3) is 3.18. The van der Waals surface area contributed by atoms with Crippen LogP contribution in [0.2, 0.25) is 0 Å². The Hall–Kier alpha value is -4.16. The molecule has 0 nitrogen and oxygen atoms in total. The fourth-order valence-electron chi connectivity index (χ4n) is 4.73. The quantitative estimate of drug-likeness (QED) is 0.242. The molecule has 0 atom stereocenters. The highest BCUT2D eigenvalue weighted by Gasteiger charge is 2.17. The number of hydrogen-bond donors (Lipinski definition) is 0. The van der Waals surface area contributed by atoms with Crippen molar-refractivity contribution < 1.29 is 0 Å². The molecule has 0 radical (unpaired) electrons. The highest BCUT2D eigenvalue weighted by atomic mass is 14.2. The van der Waals surface area contributed by atoms with Gasteiger partial charge < -0.3 is 0 Å². The van der Waals surface area contributed by atoms with Crippen molar-refractivity contribution in [2.45, 2.75) is 0 Å². The SMILES string of the molecule is C1=Cc2ccccc2C(=C2/C=C\c3ccccc3-c3ccccc3/C=C\2)c2ccccc21. The molecule has 6 rings (SSSR count). The zero-order chi connectivity index (χ0) is 21.3. The third-order valence-electron chi connectivity index (χ3n) is 6.29. The molecule has 0 bridgehead atoms. The van der Waals surface area contributed by atoms with Gasteiger partial charge in [-0.3, -0.25) is 0 Å². The van der Waals surface area contributed by atoms with Crippen molar-refractivity contribution in [1.29, 1.82) is 0 Å². The Labute approximate surface area is 189 Å². The minimum absolute atomic E-state index is 1.21. The van der Waals surface area contributed by atoms with Crippen LogP contribution in [0.25, 0.3) is 41.0 Å². The molecule has 0 aliphatic heterocycles. The van der Waals surface area contributed by atoms with Gasteiger partial charge in [-0.15, -0.1) is 0 Å². The molecular weight excluding hydrogens is 384 g/mol. The van der Waals surface area contributed by atoms with Crippen LogP contribution in [-0.2, 0) is 0 Å². The molecule has 4 aromatic carbocycles. The molecule has 0 saturated heterocycles. The maximum atomic E-state index is 2.27. The number of fused-ring (bicyclic) bond motifs is 5. The van der Waals surface area contributed by atoms with Crippen LogP contribution in [0.5, 0.6) is 0 Å². The number of hydrogen-bond acceptors (Lipinski definition) is 0. The molecule has 0 unspecified atom stereocenters. The Balaban J connectivity index is 1.69. The summed E-state index contributed by atoms with van der Waals surface area (Å²) in [6, 6.07) is 34.7. The normalized spacial score (nSPS) is 15.8. The van der Waals surface area contributed by atoms with E-state index in [1.807, 2.05) is 0 Å². The highest BCUT2D eigenvalue weighted by molar-refractivity contribution is 5.98. The first-order valence-corrected chi connectivity index (χ1v) is 11.0. The minimum Gasteiger partial charge on any atom is -0.0616 e. The second kappa shape index (κ2) is 7.83. The topological polar surface area (TPSA) is 0 Å². The lowest BCUT2D eigenvalue weighted by atomic mass is 9.89. The van der Waals surface area contributed by atoms with Gasteiger partial charge in [0, 0.05) is 0 Å². The summed E-state index contributed by atoms with van der Waals surface area (Å²) in [5.41, 5.74) is 12.5. The average molecular weight is 407 g/mol. The molecular formula is C32H22. The first kappa shape index (κ1) is 18.6. The summed E-state index contributed by atoms with van der Waals surface area (Å²) in [4.78, 5) is 0. The van der Waals surface area contributed by atoms with Crippen LogP contribution in [0.1, 0.15) is 33.4 Å². The molecule has 2 aliphatic rings. The lowest BCUT2D eigenvalue weighted by Gasteiger charge is -2.15. The molecule has 0 heteroatoms. The molecule has 32 heavy (non-hydrogen) atoms. The Morgan fingerprint density at radius 2 is 0.594 bits per heavy atom. The highest BCUT2D eigenvalue weighted by Crippen LogP contribution is 2.38. The van der Waals surface area contributed by atoms with Crippen LogP contribution < -0.4 is 0 Å². The van der Waals surface area contributed by atoms with Crippen molar-refractivity contribution in [1.82, 2.24) is 0 Å². The van der Waals surface area contributed by atoms with Crippen molar-refractivity contribution in [2.75, 3.05) is 0 Å². The molecule has 0 N–H and O–H groups in total. The summed E-state index contributed by atoms with van der Waals surface area (Å²) in [5, 5.41) is 0. The molecule has 0 aromatic heterocycles. The summed E-state index contributed by atoms with van der Waals surface area (Å²) < 4.78 is 0. The summed E-state index contributed by atoms with van der Waals surface area (Å²) in [6.07, 6.45) is 13.5. The minimum atomic E-state index is 1.21. The molecule has 0 amide bonds. The van der Waals surface area contributed by atoms with Gasteiger partial charge in [0.05, 0.1) is 0 Å². The number of allylic oxidation sites excluding steroid dienone is 3. The van der Waals surface area contributed by atoms with E-state index in [0.29, 0.717) is 0 Å². The Morgan fingerprint density at radius 1 is 0.281 bits per heavy atom. The smallest absolute Gasteiger partial charge is 0.00268 e. The lowest BCUT2D eigenvalue weighted by Crippen LogP contribution is -1.95. The predicted octanol–water partition coefficient (Wildman–Crippen LogP) is 8.38. The average Bonchev–Trinajstić information content (AvgIpc) is 2.96. The molecule has 0 fully saturated rings. The van der Waals surface area contributed by atoms with Gasteiger partial charge >= 0.3 is 0 Å². The van der Waals surface area contributed by atoms with Crippen LogP contribution in [0.15, 0.2) is 115 Å². The van der Waals surface area contributed by atoms with Gasteiger partial charge in [0.1, 0.15) is 0 Å². The number of benzene rings is 4. The van der Waals surface area contributed by atoms with Gasteiger partial charge in [-0.25, -0.2) is 0 Å². The fraction of sp³-hybridized carbons (Fsp3) is 0. The maximum Gasteiger partial charge on any atom is -0.00268 e. The second-order valence-corrected chi connectivity index (χ2v) is 8.18. The van der Waals surface area contributed by atoms with Crippen molar-refractivity contribution in [3.05, 3.63) is 148 Å². The van der Waals surface area contributed by atoms with Crippen LogP contribution in [0, 0.1) is 0 Å². The van der Waals surface area contributed by atoms with E-state index in [2.05, 4.69) is 134 Å². The van der Waals surface area contributed by atoms with E-state index in [0.717, 1.165) is 0 Å². The number of rotatable bonds is 0. The maximum absolute atomic E-state index is 2.27. The van der Waals surface area contributed by atoms with E-state index in [-0.39, 0.29) is 0 Å². The van der Waals surface area contributed by atoms with Crippen molar-refractivity contribution in [3.8, 4) is 11.1 Å². The van der Waals surface area contributed by atoms with Gasteiger partial charge in [0.25, 0.3) is 0 Å². The summed E-state index contributed by atoms with van der Waals surface area (Å²) in [5.74, 6) is 0. The van der Waals surface area contributed by atoms with Gasteiger partial charge in [0.15, 0.2) is 0 Å². The lowest BCUT2D eigenvalue weighted by molar-refractivity contribution is 1.50. The molecule has 4 aromatic rings. The van der Waals surface area contributed by atoms with Crippen LogP contribution in [0.3, 0.4) is 0 Å². The van der Waals surface area contributed by atoms with E-state index in [4.69, 9.17) is 0 Å². The van der Waals surface area contributed by atoms with Gasteiger partial charge in [-0.2, -0.15) is 0 Å². The van der Waals surface area contributed by atoms with Crippen LogP contribution in [0.4, 0.5) is 0 Å². The van der Waals surface area contributed by atoms with Crippen LogP contribution >= 0.6 is 0 Å². The Kier molecular flexibility index (Phi) is 4.55. The Bertz CT molecular complexity index is 1350. The van der Waals surface area contributed by atoms with E-state index < -0.39 is 0 Å². The van der Waals surface area contributed by atoms with Crippen molar-refractivity contribution in [3.63, 3.8) is 0 Å². The van der Waals surface area contributed by atoms with E-state index in [9.17, 15) is 0 Å². The molecule has 0 saturated carbocycles. The van der Waals surface area contributed by atoms with Gasteiger partial charge in [-0.05, 0) is 55.7 Å². The molecule has 150 valence electrons. The molecule has 0 heterocycles. The van der Waals surface area contributed by atoms with Crippen molar-refractivity contribution >= 4 is 29.9 Å². The fourth-order valence-corrected chi connectivity index (χ4v) is 4.73. The van der Waals surface area contributed by atoms with Gasteiger partial charge in [-0.1, -0.05) is 134 Å².